The summed E-state index contributed by atoms with van der Waals surface area (Å²) in [7, 11) is 0. The number of aliphatic carboxylic acids is 1. The lowest BCUT2D eigenvalue weighted by molar-refractivity contribution is -0.277. The Morgan fingerprint density at radius 3 is 2.41 bits per heavy atom. The monoisotopic (exact) mass is 471 g/mol. The number of carboxylic acid groups (broad SMARTS) is 1. The van der Waals surface area contributed by atoms with Crippen molar-refractivity contribution in [3.63, 3.8) is 0 Å². The highest BCUT2D eigenvalue weighted by molar-refractivity contribution is 5.87. The van der Waals surface area contributed by atoms with Gasteiger partial charge in [-0.2, -0.15) is 0 Å². The van der Waals surface area contributed by atoms with Crippen molar-refractivity contribution in [3.8, 4) is 16.9 Å². The number of ether oxygens (including phenoxy) is 2. The van der Waals surface area contributed by atoms with Crippen LogP contribution in [-0.2, 0) is 16.1 Å². The van der Waals surface area contributed by atoms with Crippen LogP contribution in [0.5, 0.6) is 5.75 Å². The third kappa shape index (κ3) is 4.54. The van der Waals surface area contributed by atoms with E-state index in [2.05, 4.69) is 0 Å². The Balaban J connectivity index is 1.61. The molecule has 34 heavy (non-hydrogen) atoms. The zero-order valence-electron chi connectivity index (χ0n) is 18.2. The van der Waals surface area contributed by atoms with Crippen molar-refractivity contribution in [2.45, 2.75) is 44.2 Å². The molecule has 0 radical (unpaired) electrons. The first kappa shape index (κ1) is 23.9. The van der Waals surface area contributed by atoms with Crippen molar-refractivity contribution < 1.29 is 39.8 Å². The molecule has 180 valence electrons. The van der Waals surface area contributed by atoms with E-state index in [0.717, 1.165) is 15.7 Å². The van der Waals surface area contributed by atoms with Crippen molar-refractivity contribution in [2.75, 3.05) is 6.61 Å². The van der Waals surface area contributed by atoms with Gasteiger partial charge < -0.3 is 39.6 Å². The van der Waals surface area contributed by atoms with Crippen molar-refractivity contribution in [1.82, 2.24) is 4.57 Å². The number of aliphatic hydroxyl groups is 4. The summed E-state index contributed by atoms with van der Waals surface area (Å²) in [6.45, 7) is 0.782. The van der Waals surface area contributed by atoms with Gasteiger partial charge in [0.1, 0.15) is 36.7 Å². The Bertz CT molecular complexity index is 1270. The lowest BCUT2D eigenvalue weighted by Gasteiger charge is -2.39. The van der Waals surface area contributed by atoms with Gasteiger partial charge in [-0.15, -0.1) is 0 Å². The van der Waals surface area contributed by atoms with Gasteiger partial charge in [-0.25, -0.2) is 0 Å². The Labute approximate surface area is 193 Å². The summed E-state index contributed by atoms with van der Waals surface area (Å²) in [5, 5.41) is 49.5. The van der Waals surface area contributed by atoms with E-state index in [1.54, 1.807) is 43.3 Å². The van der Waals surface area contributed by atoms with Gasteiger partial charge >= 0.3 is 5.97 Å². The van der Waals surface area contributed by atoms with E-state index >= 15 is 0 Å². The number of fused-ring (bicyclic) bond motifs is 1. The normalized spacial score (nSPS) is 24.8. The van der Waals surface area contributed by atoms with Gasteiger partial charge in [0.25, 0.3) is 5.56 Å². The number of nitrogens with zero attached hydrogens (tertiary/aromatic N) is 1. The van der Waals surface area contributed by atoms with Crippen LogP contribution in [0.15, 0.2) is 53.5 Å². The molecule has 10 nitrogen and oxygen atoms in total. The molecule has 1 fully saturated rings. The second kappa shape index (κ2) is 9.53. The van der Waals surface area contributed by atoms with Crippen molar-refractivity contribution >= 4 is 16.7 Å². The molecule has 4 rings (SSSR count). The fraction of sp³-hybridized carbons (Fsp3) is 0.333. The standard InChI is InChI=1S/C24H25NO9/c1-12-8-14(4-5-17(12)33-24-22(31)21(30)20(29)18(11-26)34-24)15-3-2-13-6-7-25(10-19(27)28)23(32)16(13)9-15/h2-9,18,20-22,24,26,29-31H,10-11H2,1H3,(H,27,28)/t18?,20-,21?,22?,24?/m0/s1. The van der Waals surface area contributed by atoms with Gasteiger partial charge in [-0.3, -0.25) is 9.59 Å². The highest BCUT2D eigenvalue weighted by Crippen LogP contribution is 2.30. The van der Waals surface area contributed by atoms with Gasteiger partial charge in [0.05, 0.1) is 6.61 Å². The van der Waals surface area contributed by atoms with Crippen molar-refractivity contribution in [1.29, 1.82) is 0 Å². The molecule has 0 saturated carbocycles. The summed E-state index contributed by atoms with van der Waals surface area (Å²) in [5.74, 6) is -0.749. The molecule has 5 N–H and O–H groups in total. The van der Waals surface area contributed by atoms with Crippen LogP contribution in [0.25, 0.3) is 21.9 Å². The average molecular weight is 471 g/mol. The molecule has 0 amide bonds. The summed E-state index contributed by atoms with van der Waals surface area (Å²) in [4.78, 5) is 23.7. The quantitative estimate of drug-likeness (QED) is 0.339. The van der Waals surface area contributed by atoms with Crippen LogP contribution in [0.3, 0.4) is 0 Å². The summed E-state index contributed by atoms with van der Waals surface area (Å²) >= 11 is 0. The summed E-state index contributed by atoms with van der Waals surface area (Å²) in [6, 6.07) is 12.2. The van der Waals surface area contributed by atoms with E-state index in [-0.39, 0.29) is 0 Å². The van der Waals surface area contributed by atoms with Gasteiger partial charge in [0.2, 0.25) is 6.29 Å². The number of pyridine rings is 1. The zero-order chi connectivity index (χ0) is 24.6. The van der Waals surface area contributed by atoms with E-state index in [0.29, 0.717) is 22.1 Å². The Kier molecular flexibility index (Phi) is 6.69. The minimum absolute atomic E-state index is 0.359. The van der Waals surface area contributed by atoms with Crippen LogP contribution >= 0.6 is 0 Å². The molecule has 10 heteroatoms. The molecule has 4 unspecified atom stereocenters. The summed E-state index contributed by atoms with van der Waals surface area (Å²) in [5.41, 5.74) is 1.78. The second-order valence-corrected chi connectivity index (χ2v) is 8.24. The molecular formula is C24H25NO9. The molecule has 5 atom stereocenters. The highest BCUT2D eigenvalue weighted by Gasteiger charge is 2.44. The smallest absolute Gasteiger partial charge is 0.323 e. The van der Waals surface area contributed by atoms with Crippen molar-refractivity contribution in [2.24, 2.45) is 0 Å². The Morgan fingerprint density at radius 2 is 1.74 bits per heavy atom. The van der Waals surface area contributed by atoms with Crippen LogP contribution in [0.4, 0.5) is 0 Å². The molecule has 1 aliphatic heterocycles. The number of benzene rings is 2. The minimum Gasteiger partial charge on any atom is -0.480 e. The molecule has 1 saturated heterocycles. The molecule has 2 heterocycles. The fourth-order valence-electron chi connectivity index (χ4n) is 3.98. The van der Waals surface area contributed by atoms with E-state index in [1.807, 2.05) is 6.07 Å². The number of aliphatic hydroxyl groups excluding tert-OH is 4. The maximum absolute atomic E-state index is 12.7. The SMILES string of the molecule is Cc1cc(-c2ccc3ccn(CC(=O)O)c(=O)c3c2)ccc1OC1OC(CO)[C@H](O)C(O)C1O. The van der Waals surface area contributed by atoms with Gasteiger partial charge in [0, 0.05) is 11.6 Å². The minimum atomic E-state index is -1.54. The number of aromatic nitrogens is 1. The Morgan fingerprint density at radius 1 is 1.03 bits per heavy atom. The highest BCUT2D eigenvalue weighted by atomic mass is 16.7. The summed E-state index contributed by atoms with van der Waals surface area (Å²) in [6.07, 6.45) is -5.47. The molecule has 2 aromatic carbocycles. The number of aryl methyl sites for hydroxylation is 1. The first-order chi connectivity index (χ1) is 16.2. The van der Waals surface area contributed by atoms with Gasteiger partial charge in [0.15, 0.2) is 0 Å². The topological polar surface area (TPSA) is 159 Å². The maximum Gasteiger partial charge on any atom is 0.323 e. The molecule has 1 aliphatic rings. The molecule has 0 aliphatic carbocycles. The molecule has 3 aromatic rings. The number of rotatable bonds is 6. The van der Waals surface area contributed by atoms with E-state index in [4.69, 9.17) is 14.6 Å². The van der Waals surface area contributed by atoms with Crippen LogP contribution in [0.2, 0.25) is 0 Å². The molecule has 1 aromatic heterocycles. The van der Waals surface area contributed by atoms with Crippen LogP contribution in [0, 0.1) is 6.92 Å². The largest absolute Gasteiger partial charge is 0.480 e. The van der Waals surface area contributed by atoms with Crippen molar-refractivity contribution in [3.05, 3.63) is 64.6 Å². The number of carbonyl (C=O) groups is 1. The third-order valence-corrected chi connectivity index (χ3v) is 5.88. The van der Waals surface area contributed by atoms with Crippen LogP contribution in [0.1, 0.15) is 5.56 Å². The zero-order valence-corrected chi connectivity index (χ0v) is 18.2. The van der Waals surface area contributed by atoms with Crippen LogP contribution < -0.4 is 10.3 Å². The van der Waals surface area contributed by atoms with Crippen LogP contribution in [-0.4, -0.2) is 73.4 Å². The first-order valence-electron chi connectivity index (χ1n) is 10.6. The lowest BCUT2D eigenvalue weighted by Crippen LogP contribution is -2.60. The van der Waals surface area contributed by atoms with Gasteiger partial charge in [-0.1, -0.05) is 18.2 Å². The fourth-order valence-corrected chi connectivity index (χ4v) is 3.98. The third-order valence-electron chi connectivity index (χ3n) is 5.88. The number of hydrogen-bond donors (Lipinski definition) is 5. The van der Waals surface area contributed by atoms with E-state index < -0.39 is 55.4 Å². The lowest BCUT2D eigenvalue weighted by atomic mass is 9.99. The predicted molar refractivity (Wildman–Crippen MR) is 120 cm³/mol. The first-order valence-corrected chi connectivity index (χ1v) is 10.6. The summed E-state index contributed by atoms with van der Waals surface area (Å²) < 4.78 is 12.2. The average Bonchev–Trinajstić information content (AvgIpc) is 2.82. The Hall–Kier alpha value is -3.28. The predicted octanol–water partition coefficient (Wildman–Crippen LogP) is 0.240. The number of carboxylic acids is 1. The molecule has 0 spiro atoms. The molecular weight excluding hydrogens is 446 g/mol. The van der Waals surface area contributed by atoms with E-state index in [9.17, 15) is 30.0 Å². The van der Waals surface area contributed by atoms with E-state index in [1.165, 1.54) is 6.20 Å². The number of hydrogen-bond acceptors (Lipinski definition) is 8. The maximum atomic E-state index is 12.7. The second-order valence-electron chi connectivity index (χ2n) is 8.24. The van der Waals surface area contributed by atoms with Gasteiger partial charge in [-0.05, 0) is 53.3 Å². The molecule has 0 bridgehead atoms.